The molecule has 0 saturated heterocycles. The monoisotopic (exact) mass is 232 g/mol. The van der Waals surface area contributed by atoms with Gasteiger partial charge in [0.25, 0.3) is 0 Å². The maximum Gasteiger partial charge on any atom is 0.411 e. The maximum absolute atomic E-state index is 11.8. The van der Waals surface area contributed by atoms with Gasteiger partial charge in [0.1, 0.15) is 12.4 Å². The zero-order chi connectivity index (χ0) is 12.2. The van der Waals surface area contributed by atoms with Crippen molar-refractivity contribution in [3.05, 3.63) is 35.4 Å². The molecule has 0 spiro atoms. The fourth-order valence-electron chi connectivity index (χ4n) is 1.19. The molecule has 16 heavy (non-hydrogen) atoms. The largest absolute Gasteiger partial charge is 0.411 e. The van der Waals surface area contributed by atoms with Crippen LogP contribution < -0.4 is 5.73 Å². The number of amidine groups is 1. The lowest BCUT2D eigenvalue weighted by molar-refractivity contribution is -0.176. The number of alkyl halides is 3. The van der Waals surface area contributed by atoms with Crippen molar-refractivity contribution in [2.75, 3.05) is 6.61 Å². The Kier molecular flexibility index (Phi) is 3.89. The Hall–Kier alpha value is -1.56. The Labute approximate surface area is 90.5 Å². The molecule has 6 heteroatoms. The Morgan fingerprint density at radius 3 is 2.50 bits per heavy atom. The third-order valence-electron chi connectivity index (χ3n) is 1.83. The Bertz CT molecular complexity index is 377. The SMILES string of the molecule is N=C(N)c1ccccc1COCC(F)(F)F. The van der Waals surface area contributed by atoms with Gasteiger partial charge in [-0.15, -0.1) is 0 Å². The number of hydrogen-bond acceptors (Lipinski definition) is 2. The molecule has 0 aromatic heterocycles. The first-order valence-corrected chi connectivity index (χ1v) is 4.47. The molecular formula is C10H11F3N2O. The molecule has 0 unspecified atom stereocenters. The molecule has 0 saturated carbocycles. The van der Waals surface area contributed by atoms with Gasteiger partial charge in [0.05, 0.1) is 6.61 Å². The highest BCUT2D eigenvalue weighted by Crippen LogP contribution is 2.16. The number of nitrogen functional groups attached to an aromatic ring is 1. The van der Waals surface area contributed by atoms with Crippen molar-refractivity contribution in [2.24, 2.45) is 5.73 Å². The second kappa shape index (κ2) is 4.98. The number of ether oxygens (including phenoxy) is 1. The second-order valence-electron chi connectivity index (χ2n) is 3.18. The molecule has 1 rings (SSSR count). The Morgan fingerprint density at radius 1 is 1.31 bits per heavy atom. The van der Waals surface area contributed by atoms with Crippen molar-refractivity contribution in [3.8, 4) is 0 Å². The minimum absolute atomic E-state index is 0.189. The summed E-state index contributed by atoms with van der Waals surface area (Å²) in [4.78, 5) is 0. The first-order valence-electron chi connectivity index (χ1n) is 4.47. The van der Waals surface area contributed by atoms with Gasteiger partial charge in [0.2, 0.25) is 0 Å². The van der Waals surface area contributed by atoms with Gasteiger partial charge in [0.15, 0.2) is 0 Å². The molecule has 0 aliphatic heterocycles. The van der Waals surface area contributed by atoms with Crippen LogP contribution in [0.4, 0.5) is 13.2 Å². The van der Waals surface area contributed by atoms with Crippen molar-refractivity contribution in [3.63, 3.8) is 0 Å². The van der Waals surface area contributed by atoms with E-state index < -0.39 is 12.8 Å². The molecule has 1 aromatic rings. The van der Waals surface area contributed by atoms with Gasteiger partial charge in [-0.1, -0.05) is 24.3 Å². The van der Waals surface area contributed by atoms with Crippen LogP contribution in [0.25, 0.3) is 0 Å². The fraction of sp³-hybridized carbons (Fsp3) is 0.300. The summed E-state index contributed by atoms with van der Waals surface area (Å²) >= 11 is 0. The summed E-state index contributed by atoms with van der Waals surface area (Å²) in [6, 6.07) is 6.45. The molecule has 0 amide bonds. The standard InChI is InChI=1S/C10H11F3N2O/c11-10(12,13)6-16-5-7-3-1-2-4-8(7)9(14)15/h1-4H,5-6H2,(H3,14,15). The lowest BCUT2D eigenvalue weighted by atomic mass is 10.1. The number of hydrogen-bond donors (Lipinski definition) is 2. The molecule has 3 N–H and O–H groups in total. The molecule has 3 nitrogen and oxygen atoms in total. The van der Waals surface area contributed by atoms with Crippen molar-refractivity contribution >= 4 is 5.84 Å². The summed E-state index contributed by atoms with van der Waals surface area (Å²) < 4.78 is 40.0. The number of halogens is 3. The van der Waals surface area contributed by atoms with Crippen LogP contribution in [0.2, 0.25) is 0 Å². The zero-order valence-corrected chi connectivity index (χ0v) is 8.34. The highest BCUT2D eigenvalue weighted by atomic mass is 19.4. The van der Waals surface area contributed by atoms with E-state index in [-0.39, 0.29) is 12.4 Å². The van der Waals surface area contributed by atoms with Crippen LogP contribution in [-0.2, 0) is 11.3 Å². The van der Waals surface area contributed by atoms with Gasteiger partial charge in [0, 0.05) is 5.56 Å². The van der Waals surface area contributed by atoms with Gasteiger partial charge in [-0.2, -0.15) is 13.2 Å². The van der Waals surface area contributed by atoms with Gasteiger partial charge in [-0.25, -0.2) is 0 Å². The minimum Gasteiger partial charge on any atom is -0.384 e. The van der Waals surface area contributed by atoms with Crippen LogP contribution in [0.15, 0.2) is 24.3 Å². The van der Waals surface area contributed by atoms with Gasteiger partial charge >= 0.3 is 6.18 Å². The summed E-state index contributed by atoms with van der Waals surface area (Å²) in [5.41, 5.74) is 6.14. The van der Waals surface area contributed by atoms with E-state index in [1.54, 1.807) is 24.3 Å². The lowest BCUT2D eigenvalue weighted by Crippen LogP contribution is -2.18. The molecule has 0 aliphatic carbocycles. The van der Waals surface area contributed by atoms with Crippen molar-refractivity contribution in [2.45, 2.75) is 12.8 Å². The number of nitrogens with one attached hydrogen (secondary N) is 1. The molecule has 0 fully saturated rings. The van der Waals surface area contributed by atoms with Crippen molar-refractivity contribution in [1.82, 2.24) is 0 Å². The molecule has 1 aromatic carbocycles. The number of rotatable bonds is 4. The van der Waals surface area contributed by atoms with E-state index in [0.717, 1.165) is 0 Å². The molecule has 0 atom stereocenters. The van der Waals surface area contributed by atoms with Crippen LogP contribution in [0, 0.1) is 5.41 Å². The quantitative estimate of drug-likeness (QED) is 0.616. The van der Waals surface area contributed by atoms with Crippen LogP contribution in [0.1, 0.15) is 11.1 Å². The fourth-order valence-corrected chi connectivity index (χ4v) is 1.19. The van der Waals surface area contributed by atoms with E-state index in [1.165, 1.54) is 0 Å². The van der Waals surface area contributed by atoms with E-state index in [4.69, 9.17) is 11.1 Å². The predicted molar refractivity (Wildman–Crippen MR) is 53.2 cm³/mol. The highest BCUT2D eigenvalue weighted by Gasteiger charge is 2.27. The molecular weight excluding hydrogens is 221 g/mol. The lowest BCUT2D eigenvalue weighted by Gasteiger charge is -2.10. The van der Waals surface area contributed by atoms with E-state index in [9.17, 15) is 13.2 Å². The smallest absolute Gasteiger partial charge is 0.384 e. The van der Waals surface area contributed by atoms with Crippen molar-refractivity contribution < 1.29 is 17.9 Å². The van der Waals surface area contributed by atoms with Crippen LogP contribution >= 0.6 is 0 Å². The van der Waals surface area contributed by atoms with Crippen LogP contribution in [0.5, 0.6) is 0 Å². The van der Waals surface area contributed by atoms with Gasteiger partial charge in [-0.3, -0.25) is 5.41 Å². The molecule has 0 heterocycles. The number of nitrogens with two attached hydrogens (primary N) is 1. The summed E-state index contributed by atoms with van der Waals surface area (Å²) in [7, 11) is 0. The highest BCUT2D eigenvalue weighted by molar-refractivity contribution is 5.96. The van der Waals surface area contributed by atoms with Crippen molar-refractivity contribution in [1.29, 1.82) is 5.41 Å². The summed E-state index contributed by atoms with van der Waals surface area (Å²) in [5.74, 6) is -0.189. The van der Waals surface area contributed by atoms with Gasteiger partial charge < -0.3 is 10.5 Å². The molecule has 0 bridgehead atoms. The Morgan fingerprint density at radius 2 is 1.94 bits per heavy atom. The predicted octanol–water partition coefficient (Wildman–Crippen LogP) is 2.05. The third-order valence-corrected chi connectivity index (χ3v) is 1.83. The Balaban J connectivity index is 2.64. The van der Waals surface area contributed by atoms with E-state index in [0.29, 0.717) is 11.1 Å². The zero-order valence-electron chi connectivity index (χ0n) is 8.34. The average molecular weight is 232 g/mol. The van der Waals surface area contributed by atoms with Crippen LogP contribution in [0.3, 0.4) is 0 Å². The number of benzene rings is 1. The molecule has 0 radical (unpaired) electrons. The van der Waals surface area contributed by atoms with Gasteiger partial charge in [-0.05, 0) is 5.56 Å². The van der Waals surface area contributed by atoms with Crippen LogP contribution in [-0.4, -0.2) is 18.6 Å². The normalized spacial score (nSPS) is 11.4. The topological polar surface area (TPSA) is 59.1 Å². The van der Waals surface area contributed by atoms with E-state index >= 15 is 0 Å². The maximum atomic E-state index is 11.8. The van der Waals surface area contributed by atoms with E-state index in [1.807, 2.05) is 0 Å². The summed E-state index contributed by atoms with van der Waals surface area (Å²) in [5, 5.41) is 7.23. The summed E-state index contributed by atoms with van der Waals surface area (Å²) in [6.07, 6.45) is -4.34. The summed E-state index contributed by atoms with van der Waals surface area (Å²) in [6.45, 7) is -1.52. The molecule has 88 valence electrons. The second-order valence-corrected chi connectivity index (χ2v) is 3.18. The van der Waals surface area contributed by atoms with E-state index in [2.05, 4.69) is 4.74 Å². The third kappa shape index (κ3) is 3.90. The molecule has 0 aliphatic rings. The first kappa shape index (κ1) is 12.5. The minimum atomic E-state index is -4.34. The first-order chi connectivity index (χ1) is 7.40. The average Bonchev–Trinajstić information content (AvgIpc) is 2.16.